The predicted octanol–water partition coefficient (Wildman–Crippen LogP) is 2.94. The molecule has 1 aromatic carbocycles. The van der Waals surface area contributed by atoms with E-state index in [1.807, 2.05) is 0 Å². The van der Waals surface area contributed by atoms with Crippen LogP contribution < -0.4 is 10.6 Å². The molecule has 116 valence electrons. The third-order valence-corrected chi connectivity index (χ3v) is 5.38. The van der Waals surface area contributed by atoms with Crippen molar-refractivity contribution in [2.45, 2.75) is 51.1 Å². The van der Waals surface area contributed by atoms with Crippen molar-refractivity contribution >= 4 is 5.69 Å². The molecule has 3 nitrogen and oxygen atoms in total. The number of anilines is 1. The zero-order chi connectivity index (χ0) is 14.8. The lowest BCUT2D eigenvalue weighted by Crippen LogP contribution is -2.44. The minimum Gasteiger partial charge on any atom is -0.374 e. The molecule has 21 heavy (non-hydrogen) atoms. The maximum Gasteiger partial charge on any atom is 0.0473 e. The quantitative estimate of drug-likeness (QED) is 0.924. The van der Waals surface area contributed by atoms with Crippen molar-refractivity contribution in [1.82, 2.24) is 4.90 Å². The van der Waals surface area contributed by atoms with Gasteiger partial charge in [0.1, 0.15) is 0 Å². The summed E-state index contributed by atoms with van der Waals surface area (Å²) in [6.45, 7) is 5.39. The van der Waals surface area contributed by atoms with E-state index < -0.39 is 0 Å². The van der Waals surface area contributed by atoms with Crippen molar-refractivity contribution in [3.05, 3.63) is 29.3 Å². The van der Waals surface area contributed by atoms with Crippen LogP contribution in [0.15, 0.2) is 18.2 Å². The summed E-state index contributed by atoms with van der Waals surface area (Å²) in [5, 5.41) is 0. The standard InChI is InChI=1S/C18H29N3/c1-3-16-6-4-5-10-21(16)18(13-19)14-7-8-17-15(12-14)9-11-20(17)2/h7-8,12,16,18H,3-6,9-11,13,19H2,1-2H3. The van der Waals surface area contributed by atoms with Gasteiger partial charge >= 0.3 is 0 Å². The number of piperidine rings is 1. The molecule has 2 unspecified atom stereocenters. The molecule has 0 saturated carbocycles. The number of rotatable bonds is 4. The van der Waals surface area contributed by atoms with Crippen molar-refractivity contribution in [3.8, 4) is 0 Å². The number of nitrogens with two attached hydrogens (primary N) is 1. The molecule has 3 rings (SSSR count). The fourth-order valence-corrected chi connectivity index (χ4v) is 4.13. The summed E-state index contributed by atoms with van der Waals surface area (Å²) in [5.74, 6) is 0. The second-order valence-electron chi connectivity index (χ2n) is 6.61. The number of likely N-dealkylation sites (N-methyl/N-ethyl adjacent to an activating group) is 1. The Morgan fingerprint density at radius 1 is 1.29 bits per heavy atom. The van der Waals surface area contributed by atoms with E-state index >= 15 is 0 Å². The summed E-state index contributed by atoms with van der Waals surface area (Å²) in [6.07, 6.45) is 6.45. The molecule has 1 saturated heterocycles. The zero-order valence-corrected chi connectivity index (χ0v) is 13.5. The Morgan fingerprint density at radius 3 is 2.90 bits per heavy atom. The monoisotopic (exact) mass is 287 g/mol. The van der Waals surface area contributed by atoms with E-state index in [9.17, 15) is 0 Å². The lowest BCUT2D eigenvalue weighted by molar-refractivity contribution is 0.0949. The van der Waals surface area contributed by atoms with Gasteiger partial charge in [0.05, 0.1) is 0 Å². The Balaban J connectivity index is 1.86. The first-order valence-electron chi connectivity index (χ1n) is 8.54. The second kappa shape index (κ2) is 6.37. The summed E-state index contributed by atoms with van der Waals surface area (Å²) >= 11 is 0. The number of hydrogen-bond acceptors (Lipinski definition) is 3. The van der Waals surface area contributed by atoms with E-state index in [2.05, 4.69) is 42.0 Å². The van der Waals surface area contributed by atoms with Gasteiger partial charge in [-0.1, -0.05) is 25.5 Å². The Hall–Kier alpha value is -1.06. The molecule has 2 atom stereocenters. The lowest BCUT2D eigenvalue weighted by Gasteiger charge is -2.41. The molecular weight excluding hydrogens is 258 g/mol. The number of likely N-dealkylation sites (tertiary alicyclic amines) is 1. The first kappa shape index (κ1) is 14.9. The van der Waals surface area contributed by atoms with Gasteiger partial charge in [-0.25, -0.2) is 0 Å². The van der Waals surface area contributed by atoms with E-state index in [-0.39, 0.29) is 0 Å². The van der Waals surface area contributed by atoms with Crippen LogP contribution in [0.2, 0.25) is 0 Å². The van der Waals surface area contributed by atoms with Crippen LogP contribution in [0.1, 0.15) is 49.8 Å². The molecule has 1 fully saturated rings. The molecule has 2 N–H and O–H groups in total. The van der Waals surface area contributed by atoms with Crippen LogP contribution in [0, 0.1) is 0 Å². The van der Waals surface area contributed by atoms with Crippen molar-refractivity contribution in [1.29, 1.82) is 0 Å². The molecule has 0 amide bonds. The number of hydrogen-bond donors (Lipinski definition) is 1. The molecule has 3 heteroatoms. The number of benzene rings is 1. The van der Waals surface area contributed by atoms with Crippen molar-refractivity contribution < 1.29 is 0 Å². The third kappa shape index (κ3) is 2.82. The first-order valence-corrected chi connectivity index (χ1v) is 8.54. The fourth-order valence-electron chi connectivity index (χ4n) is 4.13. The molecule has 0 aromatic heterocycles. The largest absolute Gasteiger partial charge is 0.374 e. The Kier molecular flexibility index (Phi) is 4.51. The summed E-state index contributed by atoms with van der Waals surface area (Å²) in [7, 11) is 2.18. The average molecular weight is 287 g/mol. The Bertz CT molecular complexity index is 485. The predicted molar refractivity (Wildman–Crippen MR) is 89.8 cm³/mol. The molecular formula is C18H29N3. The normalized spacial score (nSPS) is 24.1. The highest BCUT2D eigenvalue weighted by Crippen LogP contribution is 2.33. The van der Waals surface area contributed by atoms with Crippen molar-refractivity contribution in [2.24, 2.45) is 5.73 Å². The van der Waals surface area contributed by atoms with Gasteiger partial charge in [0.25, 0.3) is 0 Å². The van der Waals surface area contributed by atoms with Crippen LogP contribution in [-0.4, -0.2) is 37.6 Å². The molecule has 2 heterocycles. The topological polar surface area (TPSA) is 32.5 Å². The molecule has 2 aliphatic heterocycles. The summed E-state index contributed by atoms with van der Waals surface area (Å²) in [6, 6.07) is 8.12. The lowest BCUT2D eigenvalue weighted by atomic mass is 9.94. The average Bonchev–Trinajstić information content (AvgIpc) is 2.89. The molecule has 0 radical (unpaired) electrons. The number of nitrogens with zero attached hydrogens (tertiary/aromatic N) is 2. The minimum absolute atomic E-state index is 0.395. The first-order chi connectivity index (χ1) is 10.2. The molecule has 0 bridgehead atoms. The van der Waals surface area contributed by atoms with Gasteiger partial charge in [-0.2, -0.15) is 0 Å². The van der Waals surface area contributed by atoms with Crippen LogP contribution in [0.3, 0.4) is 0 Å². The highest BCUT2D eigenvalue weighted by atomic mass is 15.2. The van der Waals surface area contributed by atoms with Gasteiger partial charge in [-0.15, -0.1) is 0 Å². The van der Waals surface area contributed by atoms with Crippen molar-refractivity contribution in [3.63, 3.8) is 0 Å². The smallest absolute Gasteiger partial charge is 0.0473 e. The van der Waals surface area contributed by atoms with E-state index in [0.29, 0.717) is 12.1 Å². The zero-order valence-electron chi connectivity index (χ0n) is 13.5. The van der Waals surface area contributed by atoms with E-state index in [4.69, 9.17) is 5.73 Å². The van der Waals surface area contributed by atoms with Crippen LogP contribution in [0.4, 0.5) is 5.69 Å². The van der Waals surface area contributed by atoms with Gasteiger partial charge < -0.3 is 10.6 Å². The third-order valence-electron chi connectivity index (χ3n) is 5.38. The molecule has 0 aliphatic carbocycles. The maximum atomic E-state index is 6.17. The van der Waals surface area contributed by atoms with Gasteiger partial charge in [0.15, 0.2) is 0 Å². The highest BCUT2D eigenvalue weighted by Gasteiger charge is 2.28. The SMILES string of the molecule is CCC1CCCCN1C(CN)c1ccc2c(c1)CCN2C. The molecule has 0 spiro atoms. The second-order valence-corrected chi connectivity index (χ2v) is 6.61. The summed E-state index contributed by atoms with van der Waals surface area (Å²) in [4.78, 5) is 5.02. The fraction of sp³-hybridized carbons (Fsp3) is 0.667. The minimum atomic E-state index is 0.395. The Labute approximate surface area is 129 Å². The van der Waals surface area contributed by atoms with Crippen LogP contribution in [0.25, 0.3) is 0 Å². The number of fused-ring (bicyclic) bond motifs is 1. The Morgan fingerprint density at radius 2 is 2.14 bits per heavy atom. The van der Waals surface area contributed by atoms with E-state index in [0.717, 1.165) is 13.1 Å². The van der Waals surface area contributed by atoms with Crippen LogP contribution in [0.5, 0.6) is 0 Å². The van der Waals surface area contributed by atoms with Crippen LogP contribution in [-0.2, 0) is 6.42 Å². The van der Waals surface area contributed by atoms with Gasteiger partial charge in [-0.05, 0) is 49.4 Å². The van der Waals surface area contributed by atoms with E-state index in [1.54, 1.807) is 0 Å². The van der Waals surface area contributed by atoms with Gasteiger partial charge in [0.2, 0.25) is 0 Å². The summed E-state index contributed by atoms with van der Waals surface area (Å²) in [5.41, 5.74) is 10.5. The molecule has 1 aromatic rings. The van der Waals surface area contributed by atoms with Gasteiger partial charge in [-0.3, -0.25) is 4.90 Å². The molecule has 2 aliphatic rings. The highest BCUT2D eigenvalue weighted by molar-refractivity contribution is 5.58. The van der Waals surface area contributed by atoms with Crippen LogP contribution >= 0.6 is 0 Å². The van der Waals surface area contributed by atoms with Crippen molar-refractivity contribution in [2.75, 3.05) is 31.6 Å². The van der Waals surface area contributed by atoms with Gasteiger partial charge in [0, 0.05) is 37.9 Å². The maximum absolute atomic E-state index is 6.17. The van der Waals surface area contributed by atoms with E-state index in [1.165, 1.54) is 55.5 Å². The summed E-state index contributed by atoms with van der Waals surface area (Å²) < 4.78 is 0.